The molecule has 2 rings (SSSR count). The van der Waals surface area contributed by atoms with E-state index in [1.807, 2.05) is 25.1 Å². The van der Waals surface area contributed by atoms with Crippen molar-refractivity contribution in [3.8, 4) is 11.5 Å². The first-order valence-corrected chi connectivity index (χ1v) is 8.63. The smallest absolute Gasteiger partial charge is 0.255 e. The maximum atomic E-state index is 12.2. The number of hydrogen-bond donors (Lipinski definition) is 2. The van der Waals surface area contributed by atoms with Gasteiger partial charge >= 0.3 is 0 Å². The van der Waals surface area contributed by atoms with Crippen molar-refractivity contribution in [2.45, 2.75) is 39.5 Å². The predicted molar refractivity (Wildman–Crippen MR) is 97.8 cm³/mol. The molecule has 0 radical (unpaired) electrons. The first-order valence-electron chi connectivity index (χ1n) is 8.23. The highest BCUT2D eigenvalue weighted by Gasteiger charge is 2.11. The molecule has 0 atom stereocenters. The van der Waals surface area contributed by atoms with Crippen LogP contribution in [0.15, 0.2) is 23.0 Å². The summed E-state index contributed by atoms with van der Waals surface area (Å²) in [4.78, 5) is 18.0. The van der Waals surface area contributed by atoms with Gasteiger partial charge in [0.05, 0.1) is 13.7 Å². The van der Waals surface area contributed by atoms with Crippen LogP contribution in [-0.4, -0.2) is 23.7 Å². The van der Waals surface area contributed by atoms with Gasteiger partial charge in [0.25, 0.3) is 5.56 Å². The van der Waals surface area contributed by atoms with E-state index in [0.29, 0.717) is 34.9 Å². The topological polar surface area (TPSA) is 67.1 Å². The van der Waals surface area contributed by atoms with Crippen LogP contribution in [0.4, 0.5) is 0 Å². The Balaban J connectivity index is 2.32. The van der Waals surface area contributed by atoms with E-state index in [2.05, 4.69) is 16.9 Å². The molecule has 0 fully saturated rings. The minimum absolute atomic E-state index is 0.139. The standard InChI is InChI=1S/C18H24N2O3S/c1-4-6-9-23-16-11-12(7-8-15(16)22-3)10-13-14(5-2)19-18(24)20-17(13)21/h7-8,11H,4-6,9-10H2,1-3H3,(H2,19,20,21,24). The first-order chi connectivity index (χ1) is 11.6. The number of hydrogen-bond acceptors (Lipinski definition) is 4. The quantitative estimate of drug-likeness (QED) is 0.563. The molecule has 1 aromatic heterocycles. The van der Waals surface area contributed by atoms with Crippen molar-refractivity contribution in [3.63, 3.8) is 0 Å². The van der Waals surface area contributed by atoms with Gasteiger partial charge in [0.15, 0.2) is 16.3 Å². The molecular formula is C18H24N2O3S. The summed E-state index contributed by atoms with van der Waals surface area (Å²) in [6, 6.07) is 5.77. The molecule has 2 N–H and O–H groups in total. The lowest BCUT2D eigenvalue weighted by Gasteiger charge is -2.13. The lowest BCUT2D eigenvalue weighted by atomic mass is 10.0. The van der Waals surface area contributed by atoms with Gasteiger partial charge < -0.3 is 14.5 Å². The molecule has 0 saturated heterocycles. The molecule has 1 aromatic carbocycles. The SMILES string of the molecule is CCCCOc1cc(Cc2c(CC)[nH]c(=S)[nH]c2=O)ccc1OC. The van der Waals surface area contributed by atoms with Crippen molar-refractivity contribution in [3.05, 3.63) is 50.1 Å². The van der Waals surface area contributed by atoms with Crippen molar-refractivity contribution in [1.82, 2.24) is 9.97 Å². The third-order valence-electron chi connectivity index (χ3n) is 3.85. The summed E-state index contributed by atoms with van der Waals surface area (Å²) in [6.07, 6.45) is 3.29. The van der Waals surface area contributed by atoms with Crippen molar-refractivity contribution in [1.29, 1.82) is 0 Å². The van der Waals surface area contributed by atoms with Gasteiger partial charge in [-0.05, 0) is 42.8 Å². The average molecular weight is 348 g/mol. The van der Waals surface area contributed by atoms with Crippen LogP contribution in [-0.2, 0) is 12.8 Å². The average Bonchev–Trinajstić information content (AvgIpc) is 2.57. The fourth-order valence-corrected chi connectivity index (χ4v) is 2.74. The van der Waals surface area contributed by atoms with Crippen LogP contribution in [0.2, 0.25) is 0 Å². The number of unbranched alkanes of at least 4 members (excludes halogenated alkanes) is 1. The highest BCUT2D eigenvalue weighted by molar-refractivity contribution is 7.71. The Hall–Kier alpha value is -2.08. The van der Waals surface area contributed by atoms with Gasteiger partial charge in [0, 0.05) is 17.7 Å². The summed E-state index contributed by atoms with van der Waals surface area (Å²) < 4.78 is 11.5. The number of aromatic amines is 2. The number of benzene rings is 1. The number of rotatable bonds is 8. The molecule has 0 bridgehead atoms. The third kappa shape index (κ3) is 4.47. The lowest BCUT2D eigenvalue weighted by Crippen LogP contribution is -2.18. The van der Waals surface area contributed by atoms with E-state index in [4.69, 9.17) is 21.7 Å². The highest BCUT2D eigenvalue weighted by Crippen LogP contribution is 2.29. The summed E-state index contributed by atoms with van der Waals surface area (Å²) in [5.41, 5.74) is 2.43. The van der Waals surface area contributed by atoms with Crippen molar-refractivity contribution >= 4 is 12.2 Å². The van der Waals surface area contributed by atoms with Gasteiger partial charge in [0.1, 0.15) is 0 Å². The van der Waals surface area contributed by atoms with E-state index in [1.54, 1.807) is 7.11 Å². The molecule has 0 aliphatic carbocycles. The lowest BCUT2D eigenvalue weighted by molar-refractivity contribution is 0.288. The molecule has 0 aliphatic heterocycles. The number of aryl methyl sites for hydroxylation is 1. The molecule has 0 unspecified atom stereocenters. The number of ether oxygens (including phenoxy) is 2. The van der Waals surface area contributed by atoms with E-state index in [0.717, 1.165) is 30.5 Å². The van der Waals surface area contributed by atoms with E-state index in [-0.39, 0.29) is 5.56 Å². The fourth-order valence-electron chi connectivity index (χ4n) is 2.52. The zero-order chi connectivity index (χ0) is 17.5. The summed E-state index contributed by atoms with van der Waals surface area (Å²) >= 11 is 5.04. The molecule has 0 saturated carbocycles. The predicted octanol–water partition coefficient (Wildman–Crippen LogP) is 3.77. The molecule has 24 heavy (non-hydrogen) atoms. The van der Waals surface area contributed by atoms with Gasteiger partial charge in [-0.1, -0.05) is 26.3 Å². The molecule has 5 nitrogen and oxygen atoms in total. The minimum Gasteiger partial charge on any atom is -0.493 e. The maximum absolute atomic E-state index is 12.2. The second-order valence-corrected chi connectivity index (χ2v) is 5.99. The second-order valence-electron chi connectivity index (χ2n) is 5.58. The molecule has 130 valence electrons. The Morgan fingerprint density at radius 1 is 1.17 bits per heavy atom. The zero-order valence-electron chi connectivity index (χ0n) is 14.4. The largest absolute Gasteiger partial charge is 0.493 e. The van der Waals surface area contributed by atoms with Crippen LogP contribution in [0.3, 0.4) is 0 Å². The van der Waals surface area contributed by atoms with E-state index >= 15 is 0 Å². The monoisotopic (exact) mass is 348 g/mol. The van der Waals surface area contributed by atoms with Crippen molar-refractivity contribution < 1.29 is 9.47 Å². The number of nitrogens with one attached hydrogen (secondary N) is 2. The van der Waals surface area contributed by atoms with Crippen LogP contribution in [0, 0.1) is 4.77 Å². The van der Waals surface area contributed by atoms with Crippen molar-refractivity contribution in [2.75, 3.05) is 13.7 Å². The van der Waals surface area contributed by atoms with E-state index in [1.165, 1.54) is 0 Å². The number of methoxy groups -OCH3 is 1. The van der Waals surface area contributed by atoms with Crippen LogP contribution in [0.1, 0.15) is 43.5 Å². The first kappa shape index (κ1) is 18.3. The molecule has 1 heterocycles. The summed E-state index contributed by atoms with van der Waals surface area (Å²) in [5, 5.41) is 0. The van der Waals surface area contributed by atoms with Gasteiger partial charge in [-0.2, -0.15) is 0 Å². The molecule has 0 aliphatic rings. The van der Waals surface area contributed by atoms with Gasteiger partial charge in [0.2, 0.25) is 0 Å². The summed E-state index contributed by atoms with van der Waals surface area (Å²) in [6.45, 7) is 4.77. The normalized spacial score (nSPS) is 10.6. The van der Waals surface area contributed by atoms with E-state index < -0.39 is 0 Å². The molecule has 2 aromatic rings. The Morgan fingerprint density at radius 2 is 1.96 bits per heavy atom. The third-order valence-corrected chi connectivity index (χ3v) is 4.05. The van der Waals surface area contributed by atoms with Crippen LogP contribution in [0.5, 0.6) is 11.5 Å². The van der Waals surface area contributed by atoms with Gasteiger partial charge in [-0.3, -0.25) is 9.78 Å². The van der Waals surface area contributed by atoms with Crippen LogP contribution in [0.25, 0.3) is 0 Å². The molecule has 0 amide bonds. The highest BCUT2D eigenvalue weighted by atomic mass is 32.1. The summed E-state index contributed by atoms with van der Waals surface area (Å²) in [5.74, 6) is 1.41. The van der Waals surface area contributed by atoms with Gasteiger partial charge in [-0.25, -0.2) is 0 Å². The zero-order valence-corrected chi connectivity index (χ0v) is 15.2. The maximum Gasteiger partial charge on any atom is 0.255 e. The fraction of sp³-hybridized carbons (Fsp3) is 0.444. The molecular weight excluding hydrogens is 324 g/mol. The van der Waals surface area contributed by atoms with Crippen LogP contribution >= 0.6 is 12.2 Å². The molecule has 0 spiro atoms. The minimum atomic E-state index is -0.139. The Morgan fingerprint density at radius 3 is 2.62 bits per heavy atom. The Bertz CT molecular complexity index is 796. The van der Waals surface area contributed by atoms with Gasteiger partial charge in [-0.15, -0.1) is 0 Å². The number of aromatic nitrogens is 2. The second kappa shape index (κ2) is 8.68. The Labute approximate surface area is 147 Å². The number of H-pyrrole nitrogens is 2. The molecule has 6 heteroatoms. The van der Waals surface area contributed by atoms with Crippen LogP contribution < -0.4 is 15.0 Å². The summed E-state index contributed by atoms with van der Waals surface area (Å²) in [7, 11) is 1.62. The van der Waals surface area contributed by atoms with E-state index in [9.17, 15) is 4.79 Å². The Kier molecular flexibility index (Phi) is 6.61. The van der Waals surface area contributed by atoms with Crippen molar-refractivity contribution in [2.24, 2.45) is 0 Å².